The number of benzene rings is 1. The van der Waals surface area contributed by atoms with Gasteiger partial charge >= 0.3 is 0 Å². The van der Waals surface area contributed by atoms with E-state index >= 15 is 0 Å². The highest BCUT2D eigenvalue weighted by Crippen LogP contribution is 2.12. The van der Waals surface area contributed by atoms with E-state index in [-0.39, 0.29) is 11.8 Å². The smallest absolute Gasteiger partial charge is 0.251 e. The van der Waals surface area contributed by atoms with Gasteiger partial charge in [-0.05, 0) is 23.4 Å². The van der Waals surface area contributed by atoms with Crippen LogP contribution in [0.5, 0.6) is 0 Å². The van der Waals surface area contributed by atoms with Gasteiger partial charge in [-0.25, -0.2) is 0 Å². The Morgan fingerprint density at radius 2 is 1.91 bits per heavy atom. The molecule has 1 aromatic rings. The summed E-state index contributed by atoms with van der Waals surface area (Å²) in [7, 11) is 0. The number of nitrogens with zero attached hydrogens (tertiary/aromatic N) is 1. The molecule has 2 rings (SSSR count). The highest BCUT2D eigenvalue weighted by atomic mass is 32.2. The number of hydrogen-bond acceptors (Lipinski definition) is 4. The van der Waals surface area contributed by atoms with Crippen LogP contribution in [0.1, 0.15) is 29.3 Å². The van der Waals surface area contributed by atoms with Gasteiger partial charge in [-0.2, -0.15) is 11.8 Å². The molecule has 1 aliphatic heterocycles. The second kappa shape index (κ2) is 9.57. The Morgan fingerprint density at radius 3 is 2.57 bits per heavy atom. The lowest BCUT2D eigenvalue weighted by Crippen LogP contribution is -2.42. The highest BCUT2D eigenvalue weighted by molar-refractivity contribution is 7.98. The van der Waals surface area contributed by atoms with Gasteiger partial charge in [0.05, 0.1) is 13.2 Å². The summed E-state index contributed by atoms with van der Waals surface area (Å²) in [5.74, 6) is 1.99. The third kappa shape index (κ3) is 5.88. The lowest BCUT2D eigenvalue weighted by Gasteiger charge is -2.26. The number of amides is 2. The molecule has 1 fully saturated rings. The van der Waals surface area contributed by atoms with Crippen LogP contribution in [-0.4, -0.2) is 55.3 Å². The minimum atomic E-state index is -0.130. The molecule has 0 radical (unpaired) electrons. The first-order valence-electron chi connectivity index (χ1n) is 8.01. The number of rotatable bonds is 7. The van der Waals surface area contributed by atoms with E-state index < -0.39 is 0 Å². The average molecular weight is 336 g/mol. The van der Waals surface area contributed by atoms with E-state index in [1.54, 1.807) is 4.90 Å². The molecule has 0 unspecified atom stereocenters. The Kier molecular flexibility index (Phi) is 7.42. The maximum atomic E-state index is 12.1. The van der Waals surface area contributed by atoms with Crippen molar-refractivity contribution in [3.63, 3.8) is 0 Å². The van der Waals surface area contributed by atoms with Crippen LogP contribution >= 0.6 is 11.8 Å². The normalized spacial score (nSPS) is 14.6. The van der Waals surface area contributed by atoms with Crippen molar-refractivity contribution in [1.29, 1.82) is 0 Å². The van der Waals surface area contributed by atoms with Crippen LogP contribution < -0.4 is 5.32 Å². The molecule has 5 nitrogen and oxygen atoms in total. The van der Waals surface area contributed by atoms with Gasteiger partial charge in [0.15, 0.2) is 0 Å². The molecular weight excluding hydrogens is 312 g/mol. The maximum Gasteiger partial charge on any atom is 0.251 e. The molecule has 1 aromatic carbocycles. The summed E-state index contributed by atoms with van der Waals surface area (Å²) < 4.78 is 5.22. The fourth-order valence-electron chi connectivity index (χ4n) is 2.33. The zero-order chi connectivity index (χ0) is 16.5. The van der Waals surface area contributed by atoms with Crippen molar-refractivity contribution in [2.45, 2.75) is 19.1 Å². The first kappa shape index (κ1) is 17.8. The number of nitrogens with one attached hydrogen (secondary N) is 1. The summed E-state index contributed by atoms with van der Waals surface area (Å²) in [6.45, 7) is 4.97. The number of morpholine rings is 1. The van der Waals surface area contributed by atoms with Crippen LogP contribution in [0.25, 0.3) is 0 Å². The van der Waals surface area contributed by atoms with Crippen molar-refractivity contribution in [3.8, 4) is 0 Å². The van der Waals surface area contributed by atoms with Gasteiger partial charge < -0.3 is 15.0 Å². The fourth-order valence-corrected chi connectivity index (χ4v) is 2.96. The first-order chi connectivity index (χ1) is 11.2. The van der Waals surface area contributed by atoms with Crippen LogP contribution in [0.15, 0.2) is 24.3 Å². The van der Waals surface area contributed by atoms with Crippen LogP contribution in [0.2, 0.25) is 0 Å². The van der Waals surface area contributed by atoms with Gasteiger partial charge in [0, 0.05) is 37.4 Å². The lowest BCUT2D eigenvalue weighted by atomic mass is 10.1. The second-order valence-electron chi connectivity index (χ2n) is 5.33. The molecular formula is C17H24N2O3S. The van der Waals surface area contributed by atoms with Crippen LogP contribution in [-0.2, 0) is 15.3 Å². The summed E-state index contributed by atoms with van der Waals surface area (Å²) in [4.78, 5) is 25.8. The SMILES string of the molecule is CCSCc1ccc(C(=O)NCCC(=O)N2CCOCC2)cc1. The van der Waals surface area contributed by atoms with Crippen LogP contribution in [0, 0.1) is 0 Å². The Hall–Kier alpha value is -1.53. The molecule has 6 heteroatoms. The zero-order valence-corrected chi connectivity index (χ0v) is 14.4. The van der Waals surface area contributed by atoms with Gasteiger partial charge in [-0.15, -0.1) is 0 Å². The van der Waals surface area contributed by atoms with Crippen molar-refractivity contribution in [3.05, 3.63) is 35.4 Å². The second-order valence-corrected chi connectivity index (χ2v) is 6.61. The minimum Gasteiger partial charge on any atom is -0.378 e. The van der Waals surface area contributed by atoms with Crippen molar-refractivity contribution in [2.75, 3.05) is 38.6 Å². The Morgan fingerprint density at radius 1 is 1.22 bits per heavy atom. The molecule has 0 saturated carbocycles. The summed E-state index contributed by atoms with van der Waals surface area (Å²) in [6.07, 6.45) is 0.330. The third-order valence-corrected chi connectivity index (χ3v) is 4.62. The summed E-state index contributed by atoms with van der Waals surface area (Å²) in [5.41, 5.74) is 1.85. The Bertz CT molecular complexity index is 513. The number of carbonyl (C=O) groups is 2. The van der Waals surface area contributed by atoms with Gasteiger partial charge in [0.25, 0.3) is 5.91 Å². The van der Waals surface area contributed by atoms with Crippen molar-refractivity contribution in [2.24, 2.45) is 0 Å². The van der Waals surface area contributed by atoms with Crippen molar-refractivity contribution >= 4 is 23.6 Å². The van der Waals surface area contributed by atoms with E-state index in [9.17, 15) is 9.59 Å². The van der Waals surface area contributed by atoms with E-state index in [4.69, 9.17) is 4.74 Å². The standard InChI is InChI=1S/C17H24N2O3S/c1-2-23-13-14-3-5-15(6-4-14)17(21)18-8-7-16(20)19-9-11-22-12-10-19/h3-6H,2,7-13H2,1H3,(H,18,21). The monoisotopic (exact) mass is 336 g/mol. The van der Waals surface area contributed by atoms with Gasteiger partial charge in [0.2, 0.25) is 5.91 Å². The summed E-state index contributed by atoms with van der Waals surface area (Å²) in [6, 6.07) is 7.64. The van der Waals surface area contributed by atoms with Gasteiger partial charge in [-0.1, -0.05) is 19.1 Å². The molecule has 1 N–H and O–H groups in total. The topological polar surface area (TPSA) is 58.6 Å². The van der Waals surface area contributed by atoms with E-state index in [0.29, 0.717) is 44.8 Å². The molecule has 1 aliphatic rings. The summed E-state index contributed by atoms with van der Waals surface area (Å²) >= 11 is 1.85. The van der Waals surface area contributed by atoms with E-state index in [1.807, 2.05) is 36.0 Å². The molecule has 0 bridgehead atoms. The third-order valence-electron chi connectivity index (χ3n) is 3.68. The molecule has 1 heterocycles. The van der Waals surface area contributed by atoms with Crippen LogP contribution in [0.3, 0.4) is 0 Å². The number of thioether (sulfide) groups is 1. The number of carbonyl (C=O) groups excluding carboxylic acids is 2. The molecule has 0 spiro atoms. The van der Waals surface area contributed by atoms with Crippen molar-refractivity contribution in [1.82, 2.24) is 10.2 Å². The molecule has 126 valence electrons. The molecule has 0 aromatic heterocycles. The largest absolute Gasteiger partial charge is 0.378 e. The predicted molar refractivity (Wildman–Crippen MR) is 92.6 cm³/mol. The molecule has 23 heavy (non-hydrogen) atoms. The first-order valence-corrected chi connectivity index (χ1v) is 9.16. The Labute approximate surface area is 141 Å². The zero-order valence-electron chi connectivity index (χ0n) is 13.5. The quantitative estimate of drug-likeness (QED) is 0.826. The van der Waals surface area contributed by atoms with Gasteiger partial charge in [-0.3, -0.25) is 9.59 Å². The van der Waals surface area contributed by atoms with E-state index in [0.717, 1.165) is 11.5 Å². The minimum absolute atomic E-state index is 0.0699. The lowest BCUT2D eigenvalue weighted by molar-refractivity contribution is -0.135. The maximum absolute atomic E-state index is 12.1. The molecule has 2 amide bonds. The molecule has 0 aliphatic carbocycles. The van der Waals surface area contributed by atoms with Gasteiger partial charge in [0.1, 0.15) is 0 Å². The molecule has 1 saturated heterocycles. The summed E-state index contributed by atoms with van der Waals surface area (Å²) in [5, 5.41) is 2.81. The number of ether oxygens (including phenoxy) is 1. The van der Waals surface area contributed by atoms with E-state index in [1.165, 1.54) is 5.56 Å². The average Bonchev–Trinajstić information content (AvgIpc) is 2.61. The highest BCUT2D eigenvalue weighted by Gasteiger charge is 2.16. The van der Waals surface area contributed by atoms with Crippen molar-refractivity contribution < 1.29 is 14.3 Å². The fraction of sp³-hybridized carbons (Fsp3) is 0.529. The predicted octanol–water partition coefficient (Wildman–Crippen LogP) is 1.92. The van der Waals surface area contributed by atoms with Crippen LogP contribution in [0.4, 0.5) is 0 Å². The number of hydrogen-bond donors (Lipinski definition) is 1. The van der Waals surface area contributed by atoms with E-state index in [2.05, 4.69) is 12.2 Å². The Balaban J connectivity index is 1.72. The molecule has 0 atom stereocenters.